The van der Waals surface area contributed by atoms with Crippen LogP contribution in [0.4, 0.5) is 0 Å². The summed E-state index contributed by atoms with van der Waals surface area (Å²) in [5, 5.41) is 11.4. The van der Waals surface area contributed by atoms with E-state index in [0.29, 0.717) is 6.42 Å². The van der Waals surface area contributed by atoms with Gasteiger partial charge in [0.25, 0.3) is 0 Å². The highest BCUT2D eigenvalue weighted by molar-refractivity contribution is 5.73. The Bertz CT molecular complexity index is 276. The summed E-state index contributed by atoms with van der Waals surface area (Å²) in [5.41, 5.74) is 0.719. The smallest absolute Gasteiger partial charge is 0.321 e. The Morgan fingerprint density at radius 3 is 3.00 bits per heavy atom. The van der Waals surface area contributed by atoms with Crippen molar-refractivity contribution in [3.8, 4) is 0 Å². The van der Waals surface area contributed by atoms with Gasteiger partial charge in [0.2, 0.25) is 0 Å². The van der Waals surface area contributed by atoms with Gasteiger partial charge in [0, 0.05) is 18.3 Å². The highest BCUT2D eigenvalue weighted by Crippen LogP contribution is 1.97. The fourth-order valence-corrected chi connectivity index (χ4v) is 0.961. The molecule has 0 saturated heterocycles. The Kier molecular flexibility index (Phi) is 3.33. The molecule has 2 N–H and O–H groups in total. The first-order chi connectivity index (χ1) is 6.24. The molecule has 0 aliphatic rings. The second-order valence-corrected chi connectivity index (χ2v) is 2.58. The van der Waals surface area contributed by atoms with E-state index in [9.17, 15) is 4.79 Å². The lowest BCUT2D eigenvalue weighted by molar-refractivity contribution is -0.139. The molecule has 13 heavy (non-hydrogen) atoms. The Hall–Kier alpha value is -1.49. The number of carbonyl (C=O) groups is 1. The van der Waals surface area contributed by atoms with E-state index in [2.05, 4.69) is 15.3 Å². The van der Waals surface area contributed by atoms with Gasteiger partial charge in [-0.2, -0.15) is 0 Å². The maximum atomic E-state index is 10.6. The van der Waals surface area contributed by atoms with Crippen LogP contribution in [0.3, 0.4) is 0 Å². The second-order valence-electron chi connectivity index (χ2n) is 2.58. The van der Waals surface area contributed by atoms with Crippen LogP contribution in [0.25, 0.3) is 0 Å². The number of nitrogens with one attached hydrogen (secondary N) is 1. The van der Waals surface area contributed by atoms with Crippen LogP contribution in [-0.2, 0) is 11.2 Å². The second kappa shape index (κ2) is 4.51. The predicted molar refractivity (Wildman–Crippen MR) is 46.2 cm³/mol. The summed E-state index contributed by atoms with van der Waals surface area (Å²) < 4.78 is 0. The van der Waals surface area contributed by atoms with Crippen molar-refractivity contribution in [2.24, 2.45) is 0 Å². The third-order valence-corrected chi connectivity index (χ3v) is 1.70. The van der Waals surface area contributed by atoms with Crippen molar-refractivity contribution < 1.29 is 9.90 Å². The number of aromatic nitrogens is 2. The molecular weight excluding hydrogens is 170 g/mol. The Morgan fingerprint density at radius 1 is 1.77 bits per heavy atom. The first-order valence-electron chi connectivity index (χ1n) is 3.89. The standard InChI is InChI=1S/C8H11N3O2/c1-9-7(8(12)13)4-6-2-3-10-5-11-6/h2-3,5,7,9H,4H2,1H3,(H,12,13)/t7-/m0/s1. The van der Waals surface area contributed by atoms with Crippen molar-refractivity contribution in [2.75, 3.05) is 7.05 Å². The van der Waals surface area contributed by atoms with Gasteiger partial charge < -0.3 is 10.4 Å². The quantitative estimate of drug-likeness (QED) is 0.666. The number of hydrogen-bond acceptors (Lipinski definition) is 4. The van der Waals surface area contributed by atoms with E-state index < -0.39 is 12.0 Å². The number of hydrogen-bond donors (Lipinski definition) is 2. The van der Waals surface area contributed by atoms with Gasteiger partial charge in [-0.25, -0.2) is 9.97 Å². The highest BCUT2D eigenvalue weighted by atomic mass is 16.4. The van der Waals surface area contributed by atoms with Gasteiger partial charge in [-0.1, -0.05) is 0 Å². The Morgan fingerprint density at radius 2 is 2.54 bits per heavy atom. The third-order valence-electron chi connectivity index (χ3n) is 1.70. The van der Waals surface area contributed by atoms with E-state index in [4.69, 9.17) is 5.11 Å². The van der Waals surface area contributed by atoms with Crippen LogP contribution in [0.5, 0.6) is 0 Å². The zero-order chi connectivity index (χ0) is 9.68. The minimum atomic E-state index is -0.874. The molecule has 1 aromatic rings. The first kappa shape index (κ1) is 9.60. The molecule has 1 rings (SSSR count). The fourth-order valence-electron chi connectivity index (χ4n) is 0.961. The summed E-state index contributed by atoms with van der Waals surface area (Å²) in [7, 11) is 1.61. The zero-order valence-corrected chi connectivity index (χ0v) is 7.27. The van der Waals surface area contributed by atoms with Gasteiger partial charge in [0.15, 0.2) is 0 Å². The van der Waals surface area contributed by atoms with Crippen molar-refractivity contribution in [2.45, 2.75) is 12.5 Å². The third kappa shape index (κ3) is 2.79. The van der Waals surface area contributed by atoms with E-state index in [1.54, 1.807) is 19.3 Å². The Balaban J connectivity index is 2.62. The Labute approximate surface area is 75.8 Å². The molecule has 0 unspecified atom stereocenters. The predicted octanol–water partition coefficient (Wildman–Crippen LogP) is -0.308. The molecule has 0 amide bonds. The fraction of sp³-hybridized carbons (Fsp3) is 0.375. The van der Waals surface area contributed by atoms with Crippen molar-refractivity contribution in [3.05, 3.63) is 24.3 Å². The molecule has 0 aromatic carbocycles. The number of carboxylic acids is 1. The average molecular weight is 181 g/mol. The SMILES string of the molecule is CN[C@@H](Cc1ccncn1)C(=O)O. The van der Waals surface area contributed by atoms with Crippen LogP contribution in [0.15, 0.2) is 18.6 Å². The van der Waals surface area contributed by atoms with Crippen molar-refractivity contribution >= 4 is 5.97 Å². The lowest BCUT2D eigenvalue weighted by atomic mass is 10.1. The molecule has 1 heterocycles. The van der Waals surface area contributed by atoms with Crippen LogP contribution >= 0.6 is 0 Å². The molecular formula is C8H11N3O2. The molecule has 1 aromatic heterocycles. The van der Waals surface area contributed by atoms with Gasteiger partial charge >= 0.3 is 5.97 Å². The molecule has 0 fully saturated rings. The monoisotopic (exact) mass is 181 g/mol. The largest absolute Gasteiger partial charge is 0.480 e. The number of carboxylic acid groups (broad SMARTS) is 1. The minimum Gasteiger partial charge on any atom is -0.480 e. The van der Waals surface area contributed by atoms with Crippen LogP contribution in [0, 0.1) is 0 Å². The van der Waals surface area contributed by atoms with Crippen molar-refractivity contribution in [1.82, 2.24) is 15.3 Å². The van der Waals surface area contributed by atoms with E-state index in [1.807, 2.05) is 0 Å². The summed E-state index contributed by atoms with van der Waals surface area (Å²) in [6.45, 7) is 0. The lowest BCUT2D eigenvalue weighted by Gasteiger charge is -2.09. The van der Waals surface area contributed by atoms with Crippen LogP contribution in [-0.4, -0.2) is 34.1 Å². The van der Waals surface area contributed by atoms with Gasteiger partial charge in [0.1, 0.15) is 12.4 Å². The number of aliphatic carboxylic acids is 1. The van der Waals surface area contributed by atoms with E-state index in [1.165, 1.54) is 6.33 Å². The zero-order valence-electron chi connectivity index (χ0n) is 7.27. The van der Waals surface area contributed by atoms with Gasteiger partial charge in [0.05, 0.1) is 0 Å². The molecule has 0 radical (unpaired) electrons. The van der Waals surface area contributed by atoms with E-state index >= 15 is 0 Å². The number of rotatable bonds is 4. The van der Waals surface area contributed by atoms with Crippen LogP contribution < -0.4 is 5.32 Å². The molecule has 5 nitrogen and oxygen atoms in total. The number of nitrogens with zero attached hydrogens (tertiary/aromatic N) is 2. The van der Waals surface area contributed by atoms with E-state index in [-0.39, 0.29) is 0 Å². The summed E-state index contributed by atoms with van der Waals surface area (Å²) in [6, 6.07) is 1.11. The average Bonchev–Trinajstić information content (AvgIpc) is 2.15. The van der Waals surface area contributed by atoms with Gasteiger partial charge in [-0.05, 0) is 13.1 Å². The molecule has 70 valence electrons. The molecule has 0 aliphatic carbocycles. The molecule has 0 saturated carbocycles. The normalized spacial score (nSPS) is 12.4. The van der Waals surface area contributed by atoms with E-state index in [0.717, 1.165) is 5.69 Å². The highest BCUT2D eigenvalue weighted by Gasteiger charge is 2.15. The first-order valence-corrected chi connectivity index (χ1v) is 3.89. The maximum Gasteiger partial charge on any atom is 0.321 e. The minimum absolute atomic E-state index is 0.369. The lowest BCUT2D eigenvalue weighted by Crippen LogP contribution is -2.35. The summed E-state index contributed by atoms with van der Waals surface area (Å²) >= 11 is 0. The number of likely N-dealkylation sites (N-methyl/N-ethyl adjacent to an activating group) is 1. The van der Waals surface area contributed by atoms with Gasteiger partial charge in [-0.3, -0.25) is 4.79 Å². The molecule has 0 spiro atoms. The molecule has 0 bridgehead atoms. The summed E-state index contributed by atoms with van der Waals surface area (Å²) in [4.78, 5) is 18.3. The topological polar surface area (TPSA) is 75.1 Å². The van der Waals surface area contributed by atoms with Crippen molar-refractivity contribution in [3.63, 3.8) is 0 Å². The summed E-state index contributed by atoms with van der Waals surface area (Å²) in [5.74, 6) is -0.874. The maximum absolute atomic E-state index is 10.6. The van der Waals surface area contributed by atoms with Crippen molar-refractivity contribution in [1.29, 1.82) is 0 Å². The molecule has 1 atom stereocenters. The van der Waals surface area contributed by atoms with Crippen LogP contribution in [0.2, 0.25) is 0 Å². The molecule has 0 aliphatic heterocycles. The summed E-state index contributed by atoms with van der Waals surface area (Å²) in [6.07, 6.45) is 3.37. The van der Waals surface area contributed by atoms with Crippen LogP contribution in [0.1, 0.15) is 5.69 Å². The van der Waals surface area contributed by atoms with Gasteiger partial charge in [-0.15, -0.1) is 0 Å². The molecule has 5 heteroatoms.